The Labute approximate surface area is 126 Å². The molecule has 2 unspecified atom stereocenters. The third kappa shape index (κ3) is 4.80. The molecule has 1 aliphatic rings. The van der Waals surface area contributed by atoms with E-state index >= 15 is 0 Å². The zero-order valence-electron chi connectivity index (χ0n) is 12.0. The van der Waals surface area contributed by atoms with E-state index in [-0.39, 0.29) is 5.91 Å². The first-order chi connectivity index (χ1) is 9.65. The van der Waals surface area contributed by atoms with Gasteiger partial charge in [-0.1, -0.05) is 43.5 Å². The van der Waals surface area contributed by atoms with Crippen LogP contribution in [-0.4, -0.2) is 19.0 Å². The van der Waals surface area contributed by atoms with Gasteiger partial charge in [-0.05, 0) is 43.4 Å². The molecule has 0 radical (unpaired) electrons. The smallest absolute Gasteiger partial charge is 0.238 e. The van der Waals surface area contributed by atoms with Gasteiger partial charge in [0.1, 0.15) is 0 Å². The van der Waals surface area contributed by atoms with Crippen molar-refractivity contribution in [2.24, 2.45) is 11.8 Å². The van der Waals surface area contributed by atoms with Crippen molar-refractivity contribution in [3.05, 3.63) is 29.3 Å². The van der Waals surface area contributed by atoms with Crippen molar-refractivity contribution in [3.8, 4) is 0 Å². The summed E-state index contributed by atoms with van der Waals surface area (Å²) in [6, 6.07) is 7.29. The van der Waals surface area contributed by atoms with Gasteiger partial charge in [-0.25, -0.2) is 0 Å². The molecule has 0 aliphatic heterocycles. The number of halogens is 1. The molecule has 20 heavy (non-hydrogen) atoms. The number of anilines is 1. The summed E-state index contributed by atoms with van der Waals surface area (Å²) in [5.74, 6) is 1.50. The second-order valence-electron chi connectivity index (χ2n) is 5.80. The maximum Gasteiger partial charge on any atom is 0.238 e. The zero-order valence-corrected chi connectivity index (χ0v) is 12.7. The molecular formula is C16H23ClN2O. The lowest BCUT2D eigenvalue weighted by Crippen LogP contribution is -2.33. The number of carbonyl (C=O) groups excluding carboxylic acids is 1. The van der Waals surface area contributed by atoms with Crippen molar-refractivity contribution < 1.29 is 4.79 Å². The van der Waals surface area contributed by atoms with Gasteiger partial charge in [0.25, 0.3) is 0 Å². The fourth-order valence-corrected chi connectivity index (χ4v) is 3.07. The highest BCUT2D eigenvalue weighted by molar-refractivity contribution is 6.33. The Kier molecular flexibility index (Phi) is 5.86. The predicted octanol–water partition coefficient (Wildman–Crippen LogP) is 3.69. The van der Waals surface area contributed by atoms with E-state index in [1.165, 1.54) is 25.7 Å². The first-order valence-electron chi connectivity index (χ1n) is 7.40. The Bertz CT molecular complexity index is 450. The van der Waals surface area contributed by atoms with E-state index in [2.05, 4.69) is 17.6 Å². The van der Waals surface area contributed by atoms with Crippen LogP contribution in [0.4, 0.5) is 5.69 Å². The van der Waals surface area contributed by atoms with E-state index in [1.54, 1.807) is 6.07 Å². The van der Waals surface area contributed by atoms with E-state index in [0.29, 0.717) is 23.2 Å². The largest absolute Gasteiger partial charge is 0.324 e. The molecule has 0 bridgehead atoms. The summed E-state index contributed by atoms with van der Waals surface area (Å²) in [7, 11) is 0. The molecule has 1 fully saturated rings. The summed E-state index contributed by atoms with van der Waals surface area (Å²) in [5.41, 5.74) is 0.673. The summed E-state index contributed by atoms with van der Waals surface area (Å²) in [6.45, 7) is 3.59. The Balaban J connectivity index is 1.69. The van der Waals surface area contributed by atoms with Crippen LogP contribution in [-0.2, 0) is 4.79 Å². The summed E-state index contributed by atoms with van der Waals surface area (Å²) < 4.78 is 0. The predicted molar refractivity (Wildman–Crippen MR) is 84.1 cm³/mol. The molecule has 0 aromatic heterocycles. The van der Waals surface area contributed by atoms with Gasteiger partial charge < -0.3 is 10.6 Å². The standard InChI is InChI=1S/C16H23ClN2O/c1-12-5-4-6-13(9-12)10-18-11-16(20)19-15-8-3-2-7-14(15)17/h2-3,7-8,12-13,18H,4-6,9-11H2,1H3,(H,19,20). The number of hydrogen-bond donors (Lipinski definition) is 2. The van der Waals surface area contributed by atoms with Gasteiger partial charge in [0.15, 0.2) is 0 Å². The van der Waals surface area contributed by atoms with Gasteiger partial charge in [0, 0.05) is 0 Å². The van der Waals surface area contributed by atoms with Crippen LogP contribution >= 0.6 is 11.6 Å². The molecule has 1 aliphatic carbocycles. The molecule has 2 N–H and O–H groups in total. The third-order valence-electron chi connectivity index (χ3n) is 3.91. The SMILES string of the molecule is CC1CCCC(CNCC(=O)Nc2ccccc2Cl)C1. The number of hydrogen-bond acceptors (Lipinski definition) is 2. The first kappa shape index (κ1) is 15.3. The van der Waals surface area contributed by atoms with E-state index in [1.807, 2.05) is 18.2 Å². The van der Waals surface area contributed by atoms with Crippen LogP contribution in [0.2, 0.25) is 5.02 Å². The minimum Gasteiger partial charge on any atom is -0.324 e. The van der Waals surface area contributed by atoms with Crippen molar-refractivity contribution >= 4 is 23.2 Å². The Morgan fingerprint density at radius 1 is 1.35 bits per heavy atom. The van der Waals surface area contributed by atoms with Crippen molar-refractivity contribution in [2.75, 3.05) is 18.4 Å². The number of benzene rings is 1. The lowest BCUT2D eigenvalue weighted by atomic mass is 9.82. The average Bonchev–Trinajstić information content (AvgIpc) is 2.41. The molecule has 1 aromatic carbocycles. The summed E-state index contributed by atoms with van der Waals surface area (Å²) in [4.78, 5) is 11.8. The Hall–Kier alpha value is -1.06. The molecule has 2 rings (SSSR count). The molecule has 4 heteroatoms. The minimum atomic E-state index is -0.0399. The van der Waals surface area contributed by atoms with Crippen molar-refractivity contribution in [2.45, 2.75) is 32.6 Å². The van der Waals surface area contributed by atoms with Crippen LogP contribution in [0.5, 0.6) is 0 Å². The van der Waals surface area contributed by atoms with E-state index in [9.17, 15) is 4.79 Å². The monoisotopic (exact) mass is 294 g/mol. The van der Waals surface area contributed by atoms with Gasteiger partial charge in [-0.2, -0.15) is 0 Å². The maximum absolute atomic E-state index is 11.8. The second-order valence-corrected chi connectivity index (χ2v) is 6.20. The van der Waals surface area contributed by atoms with Crippen LogP contribution in [0.15, 0.2) is 24.3 Å². The van der Waals surface area contributed by atoms with Crippen molar-refractivity contribution in [1.29, 1.82) is 0 Å². The topological polar surface area (TPSA) is 41.1 Å². The van der Waals surface area contributed by atoms with Gasteiger partial charge >= 0.3 is 0 Å². The fourth-order valence-electron chi connectivity index (χ4n) is 2.89. The average molecular weight is 295 g/mol. The third-order valence-corrected chi connectivity index (χ3v) is 4.24. The van der Waals surface area contributed by atoms with Crippen LogP contribution < -0.4 is 10.6 Å². The van der Waals surface area contributed by atoms with Gasteiger partial charge in [-0.3, -0.25) is 4.79 Å². The van der Waals surface area contributed by atoms with Gasteiger partial charge in [0.05, 0.1) is 17.3 Å². The quantitative estimate of drug-likeness (QED) is 0.869. The highest BCUT2D eigenvalue weighted by Crippen LogP contribution is 2.27. The summed E-state index contributed by atoms with van der Waals surface area (Å²) in [6.07, 6.45) is 5.23. The minimum absolute atomic E-state index is 0.0399. The van der Waals surface area contributed by atoms with E-state index in [4.69, 9.17) is 11.6 Å². The summed E-state index contributed by atoms with van der Waals surface area (Å²) in [5, 5.41) is 6.65. The molecule has 0 saturated heterocycles. The first-order valence-corrected chi connectivity index (χ1v) is 7.78. The Morgan fingerprint density at radius 3 is 2.90 bits per heavy atom. The molecule has 2 atom stereocenters. The normalized spacial score (nSPS) is 22.5. The van der Waals surface area contributed by atoms with Crippen LogP contribution in [0, 0.1) is 11.8 Å². The number of rotatable bonds is 5. The molecule has 1 saturated carbocycles. The molecule has 1 aromatic rings. The molecule has 3 nitrogen and oxygen atoms in total. The number of carbonyl (C=O) groups is 1. The van der Waals surface area contributed by atoms with Crippen molar-refractivity contribution in [1.82, 2.24) is 5.32 Å². The fraction of sp³-hybridized carbons (Fsp3) is 0.562. The molecule has 0 heterocycles. The van der Waals surface area contributed by atoms with E-state index in [0.717, 1.165) is 12.5 Å². The molecular weight excluding hydrogens is 272 g/mol. The van der Waals surface area contributed by atoms with Gasteiger partial charge in [0.2, 0.25) is 5.91 Å². The zero-order chi connectivity index (χ0) is 14.4. The van der Waals surface area contributed by atoms with Crippen molar-refractivity contribution in [3.63, 3.8) is 0 Å². The Morgan fingerprint density at radius 2 is 2.15 bits per heavy atom. The molecule has 0 spiro atoms. The highest BCUT2D eigenvalue weighted by atomic mass is 35.5. The summed E-state index contributed by atoms with van der Waals surface area (Å²) >= 11 is 6.01. The number of para-hydroxylation sites is 1. The lowest BCUT2D eigenvalue weighted by Gasteiger charge is -2.26. The van der Waals surface area contributed by atoms with Crippen LogP contribution in [0.1, 0.15) is 32.6 Å². The van der Waals surface area contributed by atoms with Crippen LogP contribution in [0.25, 0.3) is 0 Å². The molecule has 110 valence electrons. The lowest BCUT2D eigenvalue weighted by molar-refractivity contribution is -0.115. The molecule has 1 amide bonds. The van der Waals surface area contributed by atoms with Gasteiger partial charge in [-0.15, -0.1) is 0 Å². The number of nitrogens with one attached hydrogen (secondary N) is 2. The van der Waals surface area contributed by atoms with E-state index < -0.39 is 0 Å². The second kappa shape index (κ2) is 7.65. The number of amides is 1. The maximum atomic E-state index is 11.8. The van der Waals surface area contributed by atoms with Crippen LogP contribution in [0.3, 0.4) is 0 Å². The highest BCUT2D eigenvalue weighted by Gasteiger charge is 2.18.